The van der Waals surface area contributed by atoms with Gasteiger partial charge in [-0.25, -0.2) is 0 Å². The zero-order chi connectivity index (χ0) is 15.5. The normalized spacial score (nSPS) is 11.0. The average molecular weight is 296 g/mol. The zero-order valence-corrected chi connectivity index (χ0v) is 11.0. The second kappa shape index (κ2) is 5.87. The van der Waals surface area contributed by atoms with Gasteiger partial charge in [0.15, 0.2) is 6.29 Å². The third-order valence-corrected chi connectivity index (χ3v) is 2.76. The van der Waals surface area contributed by atoms with Gasteiger partial charge >= 0.3 is 6.36 Å². The highest BCUT2D eigenvalue weighted by Gasteiger charge is 2.31. The van der Waals surface area contributed by atoms with Gasteiger partial charge in [-0.05, 0) is 41.5 Å². The lowest BCUT2D eigenvalue weighted by Crippen LogP contribution is -2.17. The summed E-state index contributed by atoms with van der Waals surface area (Å²) in [7, 11) is 1.46. The predicted octanol–water partition coefficient (Wildman–Crippen LogP) is 4.07. The van der Waals surface area contributed by atoms with Crippen LogP contribution in [0.1, 0.15) is 10.4 Å². The molecule has 21 heavy (non-hydrogen) atoms. The van der Waals surface area contributed by atoms with Crippen molar-refractivity contribution in [2.75, 3.05) is 7.11 Å². The lowest BCUT2D eigenvalue weighted by molar-refractivity contribution is -0.274. The monoisotopic (exact) mass is 296 g/mol. The largest absolute Gasteiger partial charge is 0.573 e. The van der Waals surface area contributed by atoms with E-state index in [0.29, 0.717) is 28.7 Å². The van der Waals surface area contributed by atoms with Gasteiger partial charge in [-0.3, -0.25) is 4.79 Å². The first-order valence-electron chi connectivity index (χ1n) is 5.92. The van der Waals surface area contributed by atoms with Gasteiger partial charge in [-0.1, -0.05) is 12.1 Å². The average Bonchev–Trinajstić information content (AvgIpc) is 2.45. The number of alkyl halides is 3. The SMILES string of the molecule is COc1ccc(-c2cccc(OC(F)(F)F)c2)c(C=O)c1. The maximum absolute atomic E-state index is 12.2. The van der Waals surface area contributed by atoms with Crippen molar-refractivity contribution in [3.8, 4) is 22.6 Å². The van der Waals surface area contributed by atoms with Gasteiger partial charge in [0.25, 0.3) is 0 Å². The Hall–Kier alpha value is -2.50. The van der Waals surface area contributed by atoms with Crippen LogP contribution in [0, 0.1) is 0 Å². The smallest absolute Gasteiger partial charge is 0.497 e. The van der Waals surface area contributed by atoms with Crippen LogP contribution < -0.4 is 9.47 Å². The first-order chi connectivity index (χ1) is 9.93. The third-order valence-electron chi connectivity index (χ3n) is 2.76. The van der Waals surface area contributed by atoms with Crippen LogP contribution in [0.25, 0.3) is 11.1 Å². The van der Waals surface area contributed by atoms with E-state index >= 15 is 0 Å². The molecule has 0 unspecified atom stereocenters. The second-order valence-corrected chi connectivity index (χ2v) is 4.15. The minimum atomic E-state index is -4.76. The van der Waals surface area contributed by atoms with Crippen LogP contribution in [-0.2, 0) is 0 Å². The highest BCUT2D eigenvalue weighted by atomic mass is 19.4. The molecule has 0 aromatic heterocycles. The van der Waals surface area contributed by atoms with Crippen LogP contribution in [0.5, 0.6) is 11.5 Å². The van der Waals surface area contributed by atoms with Gasteiger partial charge in [0.05, 0.1) is 7.11 Å². The number of hydrogen-bond donors (Lipinski definition) is 0. The van der Waals surface area contributed by atoms with Gasteiger partial charge in [-0.2, -0.15) is 0 Å². The molecule has 0 aliphatic heterocycles. The molecule has 0 aliphatic carbocycles. The molecule has 0 heterocycles. The highest BCUT2D eigenvalue weighted by molar-refractivity contribution is 5.88. The van der Waals surface area contributed by atoms with Crippen molar-refractivity contribution in [1.82, 2.24) is 0 Å². The summed E-state index contributed by atoms with van der Waals surface area (Å²) in [5.74, 6) is 0.149. The minimum absolute atomic E-state index is 0.318. The first kappa shape index (κ1) is 14.9. The molecule has 0 saturated heterocycles. The fourth-order valence-electron chi connectivity index (χ4n) is 1.89. The summed E-state index contributed by atoms with van der Waals surface area (Å²) in [5, 5.41) is 0. The van der Waals surface area contributed by atoms with Crippen molar-refractivity contribution >= 4 is 6.29 Å². The van der Waals surface area contributed by atoms with Crippen molar-refractivity contribution in [2.24, 2.45) is 0 Å². The Labute approximate surface area is 118 Å². The molecule has 0 N–H and O–H groups in total. The van der Waals surface area contributed by atoms with Crippen LogP contribution in [0.3, 0.4) is 0 Å². The number of aldehydes is 1. The van der Waals surface area contributed by atoms with Gasteiger partial charge in [0.1, 0.15) is 11.5 Å². The fourth-order valence-corrected chi connectivity index (χ4v) is 1.89. The van der Waals surface area contributed by atoms with E-state index in [1.165, 1.54) is 31.4 Å². The van der Waals surface area contributed by atoms with Crippen molar-refractivity contribution in [3.63, 3.8) is 0 Å². The fraction of sp³-hybridized carbons (Fsp3) is 0.133. The van der Waals surface area contributed by atoms with Crippen LogP contribution in [0.4, 0.5) is 13.2 Å². The molecule has 0 amide bonds. The van der Waals surface area contributed by atoms with Crippen molar-refractivity contribution in [1.29, 1.82) is 0 Å². The van der Waals surface area contributed by atoms with E-state index in [2.05, 4.69) is 4.74 Å². The number of halogens is 3. The molecule has 2 aromatic carbocycles. The summed E-state index contributed by atoms with van der Waals surface area (Å²) in [6.07, 6.45) is -4.14. The predicted molar refractivity (Wildman–Crippen MR) is 70.5 cm³/mol. The topological polar surface area (TPSA) is 35.5 Å². The minimum Gasteiger partial charge on any atom is -0.497 e. The number of methoxy groups -OCH3 is 1. The molecule has 2 aromatic rings. The lowest BCUT2D eigenvalue weighted by atomic mass is 10.00. The Morgan fingerprint density at radius 1 is 1.05 bits per heavy atom. The van der Waals surface area contributed by atoms with Crippen LogP contribution in [0.2, 0.25) is 0 Å². The molecule has 0 bridgehead atoms. The molecule has 0 fully saturated rings. The molecule has 0 radical (unpaired) electrons. The molecular formula is C15H11F3O3. The summed E-state index contributed by atoms with van der Waals surface area (Å²) in [6.45, 7) is 0. The highest BCUT2D eigenvalue weighted by Crippen LogP contribution is 2.30. The van der Waals surface area contributed by atoms with Gasteiger partial charge < -0.3 is 9.47 Å². The van der Waals surface area contributed by atoms with Gasteiger partial charge in [-0.15, -0.1) is 13.2 Å². The Morgan fingerprint density at radius 3 is 2.43 bits per heavy atom. The quantitative estimate of drug-likeness (QED) is 0.798. The van der Waals surface area contributed by atoms with E-state index in [4.69, 9.17) is 4.74 Å². The van der Waals surface area contributed by atoms with E-state index in [1.54, 1.807) is 18.2 Å². The Morgan fingerprint density at radius 2 is 1.81 bits per heavy atom. The van der Waals surface area contributed by atoms with Crippen LogP contribution in [0.15, 0.2) is 42.5 Å². The Bertz CT molecular complexity index is 651. The molecule has 0 spiro atoms. The molecule has 6 heteroatoms. The number of benzene rings is 2. The number of carbonyl (C=O) groups is 1. The van der Waals surface area contributed by atoms with E-state index in [9.17, 15) is 18.0 Å². The second-order valence-electron chi connectivity index (χ2n) is 4.15. The number of hydrogen-bond acceptors (Lipinski definition) is 3. The van der Waals surface area contributed by atoms with Crippen molar-refractivity contribution in [3.05, 3.63) is 48.0 Å². The standard InChI is InChI=1S/C15H11F3O3/c1-20-12-5-6-14(11(8-12)9-19)10-3-2-4-13(7-10)21-15(16,17)18/h2-9H,1H3. The molecule has 2 rings (SSSR count). The van der Waals surface area contributed by atoms with Crippen LogP contribution >= 0.6 is 0 Å². The van der Waals surface area contributed by atoms with E-state index in [0.717, 1.165) is 0 Å². The van der Waals surface area contributed by atoms with Crippen molar-refractivity contribution in [2.45, 2.75) is 6.36 Å². The zero-order valence-electron chi connectivity index (χ0n) is 11.0. The van der Waals surface area contributed by atoms with E-state index in [-0.39, 0.29) is 5.75 Å². The maximum atomic E-state index is 12.2. The lowest BCUT2D eigenvalue weighted by Gasteiger charge is -2.11. The summed E-state index contributed by atoms with van der Waals surface area (Å²) < 4.78 is 45.5. The number of ether oxygens (including phenoxy) is 2. The summed E-state index contributed by atoms with van der Waals surface area (Å²) in [6, 6.07) is 10.2. The maximum Gasteiger partial charge on any atom is 0.573 e. The Balaban J connectivity index is 2.42. The molecule has 110 valence electrons. The number of rotatable bonds is 4. The van der Waals surface area contributed by atoms with Crippen molar-refractivity contribution < 1.29 is 27.4 Å². The Kier molecular flexibility index (Phi) is 4.16. The van der Waals surface area contributed by atoms with Crippen LogP contribution in [-0.4, -0.2) is 19.8 Å². The van der Waals surface area contributed by atoms with Gasteiger partial charge in [0.2, 0.25) is 0 Å². The summed E-state index contributed by atoms with van der Waals surface area (Å²) in [5.41, 5.74) is 1.26. The molecule has 0 aliphatic rings. The van der Waals surface area contributed by atoms with E-state index < -0.39 is 6.36 Å². The number of carbonyl (C=O) groups excluding carboxylic acids is 1. The molecule has 3 nitrogen and oxygen atoms in total. The third kappa shape index (κ3) is 3.75. The summed E-state index contributed by atoms with van der Waals surface area (Å²) >= 11 is 0. The van der Waals surface area contributed by atoms with Gasteiger partial charge in [0, 0.05) is 5.56 Å². The first-order valence-corrected chi connectivity index (χ1v) is 5.92. The van der Waals surface area contributed by atoms with E-state index in [1.807, 2.05) is 0 Å². The molecular weight excluding hydrogens is 285 g/mol. The molecule has 0 atom stereocenters. The summed E-state index contributed by atoms with van der Waals surface area (Å²) in [4.78, 5) is 11.1. The molecule has 0 saturated carbocycles.